The van der Waals surface area contributed by atoms with Crippen molar-refractivity contribution in [3.63, 3.8) is 0 Å². The fourth-order valence-electron chi connectivity index (χ4n) is 2.03. The molecule has 2 heterocycles. The summed E-state index contributed by atoms with van der Waals surface area (Å²) < 4.78 is 3.15. The van der Waals surface area contributed by atoms with Crippen LogP contribution >= 0.6 is 0 Å². The predicted octanol–water partition coefficient (Wildman–Crippen LogP) is 0.811. The maximum Gasteiger partial charge on any atom is 0.309 e. The molecule has 0 aliphatic rings. The first kappa shape index (κ1) is 15.7. The Hall–Kier alpha value is -2.71. The van der Waals surface area contributed by atoms with Gasteiger partial charge in [-0.2, -0.15) is 10.2 Å². The molecule has 0 spiro atoms. The van der Waals surface area contributed by atoms with Gasteiger partial charge >= 0.3 is 5.69 Å². The van der Waals surface area contributed by atoms with E-state index in [4.69, 9.17) is 0 Å². The van der Waals surface area contributed by atoms with Gasteiger partial charge in [-0.15, -0.1) is 0 Å². The van der Waals surface area contributed by atoms with E-state index in [0.717, 1.165) is 24.7 Å². The summed E-state index contributed by atoms with van der Waals surface area (Å²) in [6, 6.07) is 0. The quantitative estimate of drug-likeness (QED) is 0.462. The molecule has 0 saturated heterocycles. The summed E-state index contributed by atoms with van der Waals surface area (Å²) in [5.74, 6) is -0.224. The molecule has 1 amide bonds. The van der Waals surface area contributed by atoms with E-state index in [1.807, 2.05) is 17.8 Å². The van der Waals surface area contributed by atoms with Crippen LogP contribution in [-0.2, 0) is 17.9 Å². The van der Waals surface area contributed by atoms with Crippen molar-refractivity contribution in [3.05, 3.63) is 40.0 Å². The number of nitrogens with one attached hydrogen (secondary N) is 1. The Labute approximate surface area is 127 Å². The van der Waals surface area contributed by atoms with E-state index in [-0.39, 0.29) is 18.1 Å². The number of hydrogen-bond acceptors (Lipinski definition) is 5. The Morgan fingerprint density at radius 1 is 1.36 bits per heavy atom. The van der Waals surface area contributed by atoms with E-state index >= 15 is 0 Å². The van der Waals surface area contributed by atoms with Gasteiger partial charge in [0.05, 0.1) is 11.1 Å². The van der Waals surface area contributed by atoms with Crippen molar-refractivity contribution in [2.75, 3.05) is 6.54 Å². The number of carbonyl (C=O) groups is 1. The minimum atomic E-state index is -0.511. The molecule has 22 heavy (non-hydrogen) atoms. The molecule has 0 saturated carbocycles. The third kappa shape index (κ3) is 3.90. The molecular weight excluding hydrogens is 288 g/mol. The topological polar surface area (TPSA) is 108 Å². The zero-order chi connectivity index (χ0) is 16.1. The summed E-state index contributed by atoms with van der Waals surface area (Å²) in [6.07, 6.45) is 5.63. The number of rotatable bonds is 7. The van der Waals surface area contributed by atoms with Gasteiger partial charge in [-0.1, -0.05) is 0 Å². The number of carbonyl (C=O) groups excluding carboxylic acids is 1. The minimum Gasteiger partial charge on any atom is -0.354 e. The van der Waals surface area contributed by atoms with Gasteiger partial charge < -0.3 is 5.32 Å². The van der Waals surface area contributed by atoms with Crippen LogP contribution in [0.3, 0.4) is 0 Å². The average molecular weight is 306 g/mol. The third-order valence-corrected chi connectivity index (χ3v) is 3.22. The molecule has 0 radical (unpaired) electrons. The van der Waals surface area contributed by atoms with Gasteiger partial charge in [-0.05, 0) is 25.8 Å². The van der Waals surface area contributed by atoms with Gasteiger partial charge in [0.1, 0.15) is 18.4 Å². The molecule has 0 aromatic carbocycles. The van der Waals surface area contributed by atoms with Gasteiger partial charge in [-0.3, -0.25) is 24.3 Å². The monoisotopic (exact) mass is 306 g/mol. The standard InChI is InChI=1S/C13H18N6O3/c1-10-6-15-17(8-10)5-3-4-14-13(20)9-18-11(2)12(7-16-18)19(21)22/h6-8H,3-5,9H2,1-2H3,(H,14,20). The fraction of sp³-hybridized carbons (Fsp3) is 0.462. The van der Waals surface area contributed by atoms with Crippen LogP contribution in [-0.4, -0.2) is 36.9 Å². The first-order chi connectivity index (χ1) is 10.5. The first-order valence-electron chi connectivity index (χ1n) is 6.90. The molecule has 0 unspecified atom stereocenters. The van der Waals surface area contributed by atoms with Crippen molar-refractivity contribution >= 4 is 11.6 Å². The molecule has 2 aromatic rings. The van der Waals surface area contributed by atoms with Crippen LogP contribution in [0.1, 0.15) is 17.7 Å². The molecule has 0 atom stereocenters. The van der Waals surface area contributed by atoms with E-state index in [1.54, 1.807) is 13.1 Å². The van der Waals surface area contributed by atoms with Crippen molar-refractivity contribution in [2.45, 2.75) is 33.4 Å². The number of aryl methyl sites for hydroxylation is 2. The van der Waals surface area contributed by atoms with Gasteiger partial charge in [-0.25, -0.2) is 0 Å². The highest BCUT2D eigenvalue weighted by Crippen LogP contribution is 2.15. The molecule has 0 aliphatic heterocycles. The molecule has 9 nitrogen and oxygen atoms in total. The second-order valence-corrected chi connectivity index (χ2v) is 5.01. The van der Waals surface area contributed by atoms with E-state index in [9.17, 15) is 14.9 Å². The van der Waals surface area contributed by atoms with Crippen LogP contribution < -0.4 is 5.32 Å². The number of nitrogens with zero attached hydrogens (tertiary/aromatic N) is 5. The summed E-state index contributed by atoms with van der Waals surface area (Å²) in [5.41, 5.74) is 1.38. The second-order valence-electron chi connectivity index (χ2n) is 5.01. The van der Waals surface area contributed by atoms with Crippen LogP contribution in [0.25, 0.3) is 0 Å². The van der Waals surface area contributed by atoms with Crippen LogP contribution in [0.4, 0.5) is 5.69 Å². The lowest BCUT2D eigenvalue weighted by molar-refractivity contribution is -0.385. The normalized spacial score (nSPS) is 10.6. The van der Waals surface area contributed by atoms with Crippen LogP contribution in [0.15, 0.2) is 18.6 Å². The Morgan fingerprint density at radius 3 is 2.73 bits per heavy atom. The molecule has 1 N–H and O–H groups in total. The molecule has 0 fully saturated rings. The van der Waals surface area contributed by atoms with Crippen LogP contribution in [0.2, 0.25) is 0 Å². The molecular formula is C13H18N6O3. The van der Waals surface area contributed by atoms with Crippen LogP contribution in [0, 0.1) is 24.0 Å². The Morgan fingerprint density at radius 2 is 2.14 bits per heavy atom. The summed E-state index contributed by atoms with van der Waals surface area (Å²) in [7, 11) is 0. The highest BCUT2D eigenvalue weighted by Gasteiger charge is 2.17. The highest BCUT2D eigenvalue weighted by molar-refractivity contribution is 5.75. The van der Waals surface area contributed by atoms with Crippen molar-refractivity contribution < 1.29 is 9.72 Å². The van der Waals surface area contributed by atoms with E-state index < -0.39 is 4.92 Å². The summed E-state index contributed by atoms with van der Waals surface area (Å²) in [5, 5.41) is 21.5. The Kier molecular flexibility index (Phi) is 4.87. The summed E-state index contributed by atoms with van der Waals surface area (Å²) in [6.45, 7) is 4.75. The second kappa shape index (κ2) is 6.83. The van der Waals surface area contributed by atoms with Gasteiger partial charge in [0, 0.05) is 19.3 Å². The van der Waals surface area contributed by atoms with Crippen molar-refractivity contribution in [1.29, 1.82) is 0 Å². The van der Waals surface area contributed by atoms with Gasteiger partial charge in [0.15, 0.2) is 0 Å². The van der Waals surface area contributed by atoms with Crippen molar-refractivity contribution in [1.82, 2.24) is 24.9 Å². The lowest BCUT2D eigenvalue weighted by Gasteiger charge is -2.06. The van der Waals surface area contributed by atoms with Gasteiger partial charge in [0.25, 0.3) is 0 Å². The zero-order valence-corrected chi connectivity index (χ0v) is 12.5. The lowest BCUT2D eigenvalue weighted by Crippen LogP contribution is -2.29. The van der Waals surface area contributed by atoms with Crippen molar-refractivity contribution in [2.24, 2.45) is 0 Å². The SMILES string of the molecule is Cc1cnn(CCCNC(=O)Cn2ncc([N+](=O)[O-])c2C)c1. The van der Waals surface area contributed by atoms with E-state index in [2.05, 4.69) is 15.5 Å². The van der Waals surface area contributed by atoms with Crippen LogP contribution in [0.5, 0.6) is 0 Å². The van der Waals surface area contributed by atoms with Crippen molar-refractivity contribution in [3.8, 4) is 0 Å². The molecule has 118 valence electrons. The number of nitro groups is 1. The number of aromatic nitrogens is 4. The molecule has 2 aromatic heterocycles. The maximum atomic E-state index is 11.8. The Balaban J connectivity index is 1.75. The largest absolute Gasteiger partial charge is 0.354 e. The lowest BCUT2D eigenvalue weighted by atomic mass is 10.4. The number of amides is 1. The Bertz CT molecular complexity index is 675. The zero-order valence-electron chi connectivity index (χ0n) is 12.5. The van der Waals surface area contributed by atoms with E-state index in [0.29, 0.717) is 12.2 Å². The minimum absolute atomic E-state index is 0.0272. The average Bonchev–Trinajstić information content (AvgIpc) is 3.02. The predicted molar refractivity (Wildman–Crippen MR) is 78.2 cm³/mol. The third-order valence-electron chi connectivity index (χ3n) is 3.22. The summed E-state index contributed by atoms with van der Waals surface area (Å²) in [4.78, 5) is 22.0. The molecule has 0 aliphatic carbocycles. The van der Waals surface area contributed by atoms with E-state index in [1.165, 1.54) is 4.68 Å². The molecule has 2 rings (SSSR count). The first-order valence-corrected chi connectivity index (χ1v) is 6.90. The highest BCUT2D eigenvalue weighted by atomic mass is 16.6. The summed E-state index contributed by atoms with van der Waals surface area (Å²) >= 11 is 0. The fourth-order valence-corrected chi connectivity index (χ4v) is 2.03. The van der Waals surface area contributed by atoms with Gasteiger partial charge in [0.2, 0.25) is 5.91 Å². The molecule has 9 heteroatoms. The molecule has 0 bridgehead atoms. The number of hydrogen-bond donors (Lipinski definition) is 1. The smallest absolute Gasteiger partial charge is 0.309 e. The maximum absolute atomic E-state index is 11.8.